The smallest absolute Gasteiger partial charge is 0.406 e. The van der Waals surface area contributed by atoms with E-state index >= 15 is 0 Å². The van der Waals surface area contributed by atoms with Crippen LogP contribution in [0.15, 0.2) is 11.0 Å². The Labute approximate surface area is 179 Å². The van der Waals surface area contributed by atoms with Gasteiger partial charge in [0.25, 0.3) is 0 Å². The summed E-state index contributed by atoms with van der Waals surface area (Å²) in [4.78, 5) is 43.7. The fourth-order valence-electron chi connectivity index (χ4n) is 3.72. The molecule has 0 radical (unpaired) electrons. The van der Waals surface area contributed by atoms with Crippen LogP contribution in [0.25, 0.3) is 11.2 Å². The molecule has 1 fully saturated rings. The standard InChI is InChI=1S/C18H22F3N5O6/c1-4-11(30-8(2)27)12-5-13(31-9(3)28)15(32-12)26-14-10(6-23-16(22)24-14)25(17(26)29)7-18(19,20)21/h6,11-13,15H,4-5,7H2,1-3H3,(H2,22,23,24)/t11-,12-,13+,15+/m0/s1. The van der Waals surface area contributed by atoms with Crippen molar-refractivity contribution in [1.82, 2.24) is 19.1 Å². The first-order valence-electron chi connectivity index (χ1n) is 9.71. The van der Waals surface area contributed by atoms with Gasteiger partial charge in [-0.3, -0.25) is 14.2 Å². The minimum Gasteiger partial charge on any atom is -0.460 e. The van der Waals surface area contributed by atoms with Crippen molar-refractivity contribution in [1.29, 1.82) is 0 Å². The normalized spacial score (nSPS) is 22.1. The molecule has 4 atom stereocenters. The van der Waals surface area contributed by atoms with Crippen LogP contribution in [0.3, 0.4) is 0 Å². The zero-order chi connectivity index (χ0) is 23.8. The molecule has 1 aliphatic heterocycles. The van der Waals surface area contributed by atoms with Gasteiger partial charge < -0.3 is 19.9 Å². The van der Waals surface area contributed by atoms with Crippen molar-refractivity contribution in [3.8, 4) is 0 Å². The number of rotatable bonds is 6. The van der Waals surface area contributed by atoms with Crippen LogP contribution < -0.4 is 11.4 Å². The maximum absolute atomic E-state index is 13.1. The second-order valence-corrected chi connectivity index (χ2v) is 7.30. The Morgan fingerprint density at radius 2 is 2.03 bits per heavy atom. The number of fused-ring (bicyclic) bond motifs is 1. The van der Waals surface area contributed by atoms with Gasteiger partial charge in [0, 0.05) is 20.3 Å². The summed E-state index contributed by atoms with van der Waals surface area (Å²) in [5.74, 6) is -1.53. The number of ether oxygens (including phenoxy) is 3. The number of halogens is 3. The number of esters is 2. The minimum absolute atomic E-state index is 0.0367. The van der Waals surface area contributed by atoms with Gasteiger partial charge in [0.05, 0.1) is 6.20 Å². The highest BCUT2D eigenvalue weighted by Crippen LogP contribution is 2.35. The molecule has 0 saturated carbocycles. The van der Waals surface area contributed by atoms with Crippen LogP contribution in [0.2, 0.25) is 0 Å². The lowest BCUT2D eigenvalue weighted by molar-refractivity contribution is -0.158. The van der Waals surface area contributed by atoms with Crippen molar-refractivity contribution < 1.29 is 37.0 Å². The number of nitrogens with zero attached hydrogens (tertiary/aromatic N) is 4. The summed E-state index contributed by atoms with van der Waals surface area (Å²) in [6, 6.07) is 0. The van der Waals surface area contributed by atoms with E-state index in [9.17, 15) is 27.6 Å². The maximum atomic E-state index is 13.1. The molecule has 14 heteroatoms. The molecule has 3 heterocycles. The Morgan fingerprint density at radius 3 is 2.59 bits per heavy atom. The molecule has 1 saturated heterocycles. The molecule has 0 unspecified atom stereocenters. The monoisotopic (exact) mass is 461 g/mol. The van der Waals surface area contributed by atoms with Gasteiger partial charge in [0.15, 0.2) is 11.9 Å². The summed E-state index contributed by atoms with van der Waals surface area (Å²) in [5, 5.41) is 0. The maximum Gasteiger partial charge on any atom is 0.406 e. The van der Waals surface area contributed by atoms with Gasteiger partial charge in [-0.1, -0.05) is 6.92 Å². The van der Waals surface area contributed by atoms with Crippen molar-refractivity contribution in [3.63, 3.8) is 0 Å². The molecule has 0 aliphatic carbocycles. The topological polar surface area (TPSA) is 141 Å². The third-order valence-corrected chi connectivity index (χ3v) is 4.87. The van der Waals surface area contributed by atoms with E-state index in [2.05, 4.69) is 9.97 Å². The summed E-state index contributed by atoms with van der Waals surface area (Å²) in [6.45, 7) is 2.50. The van der Waals surface area contributed by atoms with Crippen LogP contribution in [-0.4, -0.2) is 55.5 Å². The van der Waals surface area contributed by atoms with E-state index < -0.39 is 54.9 Å². The van der Waals surface area contributed by atoms with E-state index in [1.165, 1.54) is 6.92 Å². The molecular formula is C18H22F3N5O6. The Morgan fingerprint density at radius 1 is 1.34 bits per heavy atom. The number of hydrogen-bond donors (Lipinski definition) is 1. The summed E-state index contributed by atoms with van der Waals surface area (Å²) in [5.41, 5.74) is 4.06. The van der Waals surface area contributed by atoms with Crippen LogP contribution in [0.5, 0.6) is 0 Å². The van der Waals surface area contributed by atoms with Gasteiger partial charge in [-0.25, -0.2) is 14.3 Å². The molecule has 0 aromatic carbocycles. The van der Waals surface area contributed by atoms with Gasteiger partial charge >= 0.3 is 23.8 Å². The second-order valence-electron chi connectivity index (χ2n) is 7.30. The number of anilines is 1. The molecule has 2 aromatic rings. The number of imidazole rings is 1. The molecular weight excluding hydrogens is 439 g/mol. The average Bonchev–Trinajstić information content (AvgIpc) is 3.16. The highest BCUT2D eigenvalue weighted by Gasteiger charge is 2.45. The fourth-order valence-corrected chi connectivity index (χ4v) is 3.72. The number of alkyl halides is 3. The van der Waals surface area contributed by atoms with E-state index in [-0.39, 0.29) is 23.5 Å². The van der Waals surface area contributed by atoms with Crippen molar-refractivity contribution in [2.24, 2.45) is 0 Å². The predicted molar refractivity (Wildman–Crippen MR) is 102 cm³/mol. The van der Waals surface area contributed by atoms with Crippen LogP contribution in [0.4, 0.5) is 19.1 Å². The first-order valence-corrected chi connectivity index (χ1v) is 9.71. The number of aromatic nitrogens is 4. The second kappa shape index (κ2) is 8.76. The lowest BCUT2D eigenvalue weighted by atomic mass is 10.1. The molecule has 11 nitrogen and oxygen atoms in total. The molecule has 0 bridgehead atoms. The zero-order valence-corrected chi connectivity index (χ0v) is 17.5. The molecule has 32 heavy (non-hydrogen) atoms. The number of carbonyl (C=O) groups is 2. The molecule has 2 N–H and O–H groups in total. The molecule has 176 valence electrons. The van der Waals surface area contributed by atoms with Crippen LogP contribution >= 0.6 is 0 Å². The van der Waals surface area contributed by atoms with E-state index in [0.717, 1.165) is 17.7 Å². The first kappa shape index (κ1) is 23.5. The molecule has 0 amide bonds. The number of carbonyl (C=O) groups excluding carboxylic acids is 2. The van der Waals surface area contributed by atoms with E-state index in [4.69, 9.17) is 19.9 Å². The van der Waals surface area contributed by atoms with E-state index in [1.807, 2.05) is 0 Å². The summed E-state index contributed by atoms with van der Waals surface area (Å²) < 4.78 is 57.1. The van der Waals surface area contributed by atoms with Crippen LogP contribution in [0, 0.1) is 0 Å². The Hall–Kier alpha value is -3.16. The summed E-state index contributed by atoms with van der Waals surface area (Å²) in [6.07, 6.45) is -7.21. The third-order valence-electron chi connectivity index (χ3n) is 4.87. The van der Waals surface area contributed by atoms with Crippen molar-refractivity contribution in [3.05, 3.63) is 16.7 Å². The number of nitrogen functional groups attached to an aromatic ring is 1. The summed E-state index contributed by atoms with van der Waals surface area (Å²) >= 11 is 0. The lowest BCUT2D eigenvalue weighted by Crippen LogP contribution is -2.35. The molecule has 1 aliphatic rings. The van der Waals surface area contributed by atoms with E-state index in [1.54, 1.807) is 6.92 Å². The molecule has 0 spiro atoms. The fraction of sp³-hybridized carbons (Fsp3) is 0.611. The average molecular weight is 461 g/mol. The van der Waals surface area contributed by atoms with Gasteiger partial charge in [-0.2, -0.15) is 18.2 Å². The van der Waals surface area contributed by atoms with E-state index in [0.29, 0.717) is 11.0 Å². The van der Waals surface area contributed by atoms with Crippen LogP contribution in [-0.2, 0) is 30.3 Å². The van der Waals surface area contributed by atoms with Gasteiger partial charge in [-0.05, 0) is 6.42 Å². The lowest BCUT2D eigenvalue weighted by Gasteiger charge is -2.22. The minimum atomic E-state index is -4.71. The summed E-state index contributed by atoms with van der Waals surface area (Å²) in [7, 11) is 0. The first-order chi connectivity index (χ1) is 14.9. The highest BCUT2D eigenvalue weighted by atomic mass is 19.4. The number of nitrogens with two attached hydrogens (primary N) is 1. The highest BCUT2D eigenvalue weighted by molar-refractivity contribution is 5.72. The largest absolute Gasteiger partial charge is 0.460 e. The Balaban J connectivity index is 2.12. The van der Waals surface area contributed by atoms with Crippen molar-refractivity contribution >= 4 is 29.1 Å². The Bertz CT molecular complexity index is 1080. The molecule has 2 aromatic heterocycles. The number of hydrogen-bond acceptors (Lipinski definition) is 9. The van der Waals surface area contributed by atoms with Crippen molar-refractivity contribution in [2.45, 2.75) is 70.9 Å². The molecule has 3 rings (SSSR count). The van der Waals surface area contributed by atoms with Gasteiger partial charge in [0.2, 0.25) is 5.95 Å². The SMILES string of the molecule is CC[C@H](OC(C)=O)[C@@H]1C[C@@H](OC(C)=O)[C@H](n2c(=O)n(CC(F)(F)F)c3cnc(N)nc32)O1. The third kappa shape index (κ3) is 4.84. The van der Waals surface area contributed by atoms with Crippen molar-refractivity contribution in [2.75, 3.05) is 5.73 Å². The zero-order valence-electron chi connectivity index (χ0n) is 17.5. The Kier molecular flexibility index (Phi) is 6.44. The quantitative estimate of drug-likeness (QED) is 0.630. The van der Waals surface area contributed by atoms with Crippen LogP contribution in [0.1, 0.15) is 39.8 Å². The van der Waals surface area contributed by atoms with Gasteiger partial charge in [0.1, 0.15) is 30.4 Å². The predicted octanol–water partition coefficient (Wildman–Crippen LogP) is 1.30. The van der Waals surface area contributed by atoms with Gasteiger partial charge in [-0.15, -0.1) is 0 Å².